The summed E-state index contributed by atoms with van der Waals surface area (Å²) in [7, 11) is 0. The highest BCUT2D eigenvalue weighted by molar-refractivity contribution is 5.75. The average Bonchev–Trinajstić information content (AvgIpc) is 2.86. The maximum Gasteiger partial charge on any atom is 0.305 e. The molecule has 0 saturated carbocycles. The van der Waals surface area contributed by atoms with E-state index in [1.165, 1.54) is 0 Å². The van der Waals surface area contributed by atoms with Crippen LogP contribution >= 0.6 is 0 Å². The third-order valence-corrected chi connectivity index (χ3v) is 1.91. The van der Waals surface area contributed by atoms with Crippen LogP contribution in [0.5, 0.6) is 0 Å². The highest BCUT2D eigenvalue weighted by Crippen LogP contribution is 2.01. The quantitative estimate of drug-likeness (QED) is 0.404. The van der Waals surface area contributed by atoms with Gasteiger partial charge in [-0.2, -0.15) is 0 Å². The molecular formula is C12H24O8. The number of rotatable bonds is 6. The molecule has 8 heteroatoms. The molecule has 8 nitrogen and oxygen atoms in total. The summed E-state index contributed by atoms with van der Waals surface area (Å²) in [6.45, 7) is 1.03. The highest BCUT2D eigenvalue weighted by atomic mass is 16.5. The minimum absolute atomic E-state index is 0. The fourth-order valence-corrected chi connectivity index (χ4v) is 0.912. The lowest BCUT2D eigenvalue weighted by molar-refractivity contribution is -0.143. The molecule has 0 radical (unpaired) electrons. The Morgan fingerprint density at radius 1 is 1.05 bits per heavy atom. The Hall–Kier alpha value is -1.67. The second-order valence-corrected chi connectivity index (χ2v) is 3.77. The number of ether oxygens (including phenoxy) is 1. The van der Waals surface area contributed by atoms with E-state index < -0.39 is 11.9 Å². The minimum atomic E-state index is -1.08. The summed E-state index contributed by atoms with van der Waals surface area (Å²) in [4.78, 5) is 29.3. The number of carbonyl (C=O) groups is 3. The molecule has 0 amide bonds. The van der Waals surface area contributed by atoms with Gasteiger partial charge in [-0.3, -0.25) is 14.4 Å². The van der Waals surface area contributed by atoms with Crippen LogP contribution in [0.3, 0.4) is 0 Å². The van der Waals surface area contributed by atoms with Crippen LogP contribution in [-0.4, -0.2) is 58.2 Å². The molecule has 4 N–H and O–H groups in total. The van der Waals surface area contributed by atoms with Crippen LogP contribution in [0.4, 0.5) is 0 Å². The molecule has 0 aliphatic carbocycles. The Morgan fingerprint density at radius 3 is 1.65 bits per heavy atom. The van der Waals surface area contributed by atoms with Crippen molar-refractivity contribution in [2.75, 3.05) is 19.8 Å². The number of carbonyl (C=O) groups excluding carboxylic acids is 1. The van der Waals surface area contributed by atoms with Gasteiger partial charge in [0.1, 0.15) is 0 Å². The average molecular weight is 296 g/mol. The number of unbranched alkanes of at least 4 members (excludes halogenated alkanes) is 1. The Morgan fingerprint density at radius 2 is 1.50 bits per heavy atom. The molecule has 1 aliphatic rings. The van der Waals surface area contributed by atoms with Crippen molar-refractivity contribution in [2.24, 2.45) is 0 Å². The SMILES string of the molecule is O=C(O)CCC(=O)O.O=C1CCCO1.OCCCCO.[HH]. The van der Waals surface area contributed by atoms with Gasteiger partial charge >= 0.3 is 17.9 Å². The molecule has 1 rings (SSSR count). The van der Waals surface area contributed by atoms with Crippen molar-refractivity contribution < 1.29 is 41.0 Å². The number of cyclic esters (lactones) is 1. The fraction of sp³-hybridized carbons (Fsp3) is 0.750. The predicted octanol–water partition coefficient (Wildman–Crippen LogP) is 0.256. The number of aliphatic hydroxyl groups excluding tert-OH is 2. The summed E-state index contributed by atoms with van der Waals surface area (Å²) in [5.41, 5.74) is 0. The number of hydrogen-bond donors (Lipinski definition) is 4. The van der Waals surface area contributed by atoms with Crippen LogP contribution in [-0.2, 0) is 19.1 Å². The van der Waals surface area contributed by atoms with Crippen LogP contribution in [0.15, 0.2) is 0 Å². The van der Waals surface area contributed by atoms with Gasteiger partial charge in [0.15, 0.2) is 0 Å². The summed E-state index contributed by atoms with van der Waals surface area (Å²) in [5, 5.41) is 32.0. The van der Waals surface area contributed by atoms with Crippen LogP contribution in [0.25, 0.3) is 0 Å². The molecule has 0 spiro atoms. The van der Waals surface area contributed by atoms with Crippen molar-refractivity contribution in [2.45, 2.75) is 38.5 Å². The third-order valence-electron chi connectivity index (χ3n) is 1.91. The second-order valence-electron chi connectivity index (χ2n) is 3.77. The molecule has 0 bridgehead atoms. The third kappa shape index (κ3) is 21.6. The van der Waals surface area contributed by atoms with E-state index in [1.54, 1.807) is 0 Å². The maximum absolute atomic E-state index is 10.0. The Kier molecular flexibility index (Phi) is 15.9. The molecule has 0 aromatic carbocycles. The van der Waals surface area contributed by atoms with E-state index >= 15 is 0 Å². The molecule has 0 aromatic rings. The van der Waals surface area contributed by atoms with Gasteiger partial charge in [0.05, 0.1) is 19.4 Å². The summed E-state index contributed by atoms with van der Waals surface area (Å²) in [6, 6.07) is 0. The van der Waals surface area contributed by atoms with Crippen LogP contribution in [0, 0.1) is 0 Å². The fourth-order valence-electron chi connectivity index (χ4n) is 0.912. The van der Waals surface area contributed by atoms with Crippen molar-refractivity contribution >= 4 is 17.9 Å². The van der Waals surface area contributed by atoms with Gasteiger partial charge in [-0.15, -0.1) is 0 Å². The lowest BCUT2D eigenvalue weighted by Crippen LogP contribution is -2.00. The Balaban J connectivity index is -0.000000229. The monoisotopic (exact) mass is 296 g/mol. The van der Waals surface area contributed by atoms with Crippen molar-refractivity contribution in [1.82, 2.24) is 0 Å². The maximum atomic E-state index is 10.0. The van der Waals surface area contributed by atoms with Crippen LogP contribution in [0.1, 0.15) is 40.0 Å². The van der Waals surface area contributed by atoms with Gasteiger partial charge in [0, 0.05) is 21.1 Å². The molecule has 0 aromatic heterocycles. The van der Waals surface area contributed by atoms with Gasteiger partial charge in [-0.25, -0.2) is 0 Å². The van der Waals surface area contributed by atoms with E-state index in [-0.39, 0.29) is 33.5 Å². The van der Waals surface area contributed by atoms with E-state index in [9.17, 15) is 14.4 Å². The second kappa shape index (κ2) is 15.4. The molecule has 1 aliphatic heterocycles. The standard InChI is InChI=1S/C4H6O4.C4H6O2.C4H10O2.H2/c5-3(6)1-2-4(7)8;5-4-2-1-3-6-4;5-3-1-2-4-6;/h1-2H2,(H,5,6)(H,7,8);1-3H2;5-6H,1-4H2;1H. The van der Waals surface area contributed by atoms with Gasteiger partial charge in [-0.1, -0.05) is 0 Å². The largest absolute Gasteiger partial charge is 0.481 e. The zero-order valence-electron chi connectivity index (χ0n) is 11.3. The number of aliphatic hydroxyl groups is 2. The van der Waals surface area contributed by atoms with Gasteiger partial charge in [-0.05, 0) is 19.3 Å². The van der Waals surface area contributed by atoms with E-state index in [1.807, 2.05) is 0 Å². The topological polar surface area (TPSA) is 141 Å². The van der Waals surface area contributed by atoms with Crippen LogP contribution in [0.2, 0.25) is 0 Å². The van der Waals surface area contributed by atoms with Crippen molar-refractivity contribution in [1.29, 1.82) is 0 Å². The first-order chi connectivity index (χ1) is 9.43. The van der Waals surface area contributed by atoms with Gasteiger partial charge in [0.25, 0.3) is 0 Å². The molecular weight excluding hydrogens is 272 g/mol. The lowest BCUT2D eigenvalue weighted by Gasteiger charge is -1.85. The van der Waals surface area contributed by atoms with Crippen LogP contribution < -0.4 is 0 Å². The summed E-state index contributed by atoms with van der Waals surface area (Å²) >= 11 is 0. The molecule has 1 fully saturated rings. The first-order valence-electron chi connectivity index (χ1n) is 6.25. The predicted molar refractivity (Wildman–Crippen MR) is 70.2 cm³/mol. The summed E-state index contributed by atoms with van der Waals surface area (Å²) < 4.78 is 4.51. The zero-order chi connectivity index (χ0) is 15.8. The smallest absolute Gasteiger partial charge is 0.305 e. The van der Waals surface area contributed by atoms with Crippen molar-refractivity contribution in [3.63, 3.8) is 0 Å². The molecule has 120 valence electrons. The van der Waals surface area contributed by atoms with E-state index in [4.69, 9.17) is 20.4 Å². The lowest BCUT2D eigenvalue weighted by atomic mass is 10.3. The number of carboxylic acids is 2. The molecule has 20 heavy (non-hydrogen) atoms. The number of esters is 1. The summed E-state index contributed by atoms with van der Waals surface area (Å²) in [6.07, 6.45) is 2.39. The Labute approximate surface area is 118 Å². The first-order valence-corrected chi connectivity index (χ1v) is 6.25. The molecule has 1 saturated heterocycles. The summed E-state index contributed by atoms with van der Waals surface area (Å²) in [5.74, 6) is -2.20. The number of carboxylic acid groups (broad SMARTS) is 2. The van der Waals surface area contributed by atoms with E-state index in [2.05, 4.69) is 4.74 Å². The molecule has 0 atom stereocenters. The number of aliphatic carboxylic acids is 2. The highest BCUT2D eigenvalue weighted by Gasteiger charge is 2.08. The van der Waals surface area contributed by atoms with Gasteiger partial charge < -0.3 is 25.2 Å². The molecule has 0 unspecified atom stereocenters. The van der Waals surface area contributed by atoms with Crippen molar-refractivity contribution in [3.8, 4) is 0 Å². The van der Waals surface area contributed by atoms with E-state index in [0.717, 1.165) is 19.3 Å². The number of hydrogen-bond acceptors (Lipinski definition) is 6. The Bertz CT molecular complexity index is 256. The normalized spacial score (nSPS) is 12.4. The van der Waals surface area contributed by atoms with Gasteiger partial charge in [0.2, 0.25) is 0 Å². The minimum Gasteiger partial charge on any atom is -0.481 e. The van der Waals surface area contributed by atoms with Crippen molar-refractivity contribution in [3.05, 3.63) is 0 Å². The molecule has 1 heterocycles. The zero-order valence-corrected chi connectivity index (χ0v) is 11.3. The van der Waals surface area contributed by atoms with E-state index in [0.29, 0.717) is 13.0 Å². The first kappa shape index (κ1) is 20.6.